The molecule has 2 heterocycles. The maximum absolute atomic E-state index is 13.5. The van der Waals surface area contributed by atoms with Gasteiger partial charge in [0.1, 0.15) is 5.75 Å². The maximum atomic E-state index is 13.5. The highest BCUT2D eigenvalue weighted by atomic mass is 19.2. The molecule has 0 aromatic heterocycles. The molecule has 2 fully saturated rings. The predicted molar refractivity (Wildman–Crippen MR) is 107 cm³/mol. The van der Waals surface area contributed by atoms with E-state index < -0.39 is 17.0 Å². The molecule has 2 aliphatic heterocycles. The molecule has 2 aromatic rings. The summed E-state index contributed by atoms with van der Waals surface area (Å²) < 4.78 is 26.7. The molecular formula is C23H24F2N2O3. The molecule has 1 unspecified atom stereocenters. The third-order valence-electron chi connectivity index (χ3n) is 6.21. The maximum Gasteiger partial charge on any atom is 0.257 e. The van der Waals surface area contributed by atoms with Crippen LogP contribution in [0, 0.1) is 24.0 Å². The van der Waals surface area contributed by atoms with E-state index in [4.69, 9.17) is 0 Å². The molecule has 1 N–H and O–H groups in total. The average Bonchev–Trinajstić information content (AvgIpc) is 3.15. The van der Waals surface area contributed by atoms with Crippen molar-refractivity contribution in [3.63, 3.8) is 0 Å². The number of hydrogen-bond acceptors (Lipinski definition) is 3. The third-order valence-corrected chi connectivity index (χ3v) is 6.21. The molecule has 2 aromatic carbocycles. The lowest BCUT2D eigenvalue weighted by Crippen LogP contribution is -2.50. The van der Waals surface area contributed by atoms with Crippen LogP contribution in [0.15, 0.2) is 36.4 Å². The number of halogens is 2. The third kappa shape index (κ3) is 3.64. The first-order valence-electron chi connectivity index (χ1n) is 10.1. The number of amides is 2. The van der Waals surface area contributed by atoms with Crippen LogP contribution in [-0.2, 0) is 11.3 Å². The summed E-state index contributed by atoms with van der Waals surface area (Å²) in [6.45, 7) is 3.35. The number of aryl methyl sites for hydroxylation is 1. The Morgan fingerprint density at radius 3 is 2.67 bits per heavy atom. The average molecular weight is 414 g/mol. The molecule has 1 atom stereocenters. The highest BCUT2D eigenvalue weighted by molar-refractivity contribution is 5.98. The van der Waals surface area contributed by atoms with Gasteiger partial charge >= 0.3 is 0 Å². The summed E-state index contributed by atoms with van der Waals surface area (Å²) in [7, 11) is 0. The fourth-order valence-electron chi connectivity index (χ4n) is 4.58. The van der Waals surface area contributed by atoms with Gasteiger partial charge in [0.2, 0.25) is 5.91 Å². The first-order chi connectivity index (χ1) is 14.3. The number of carbonyl (C=O) groups is 2. The van der Waals surface area contributed by atoms with Crippen LogP contribution >= 0.6 is 0 Å². The van der Waals surface area contributed by atoms with Gasteiger partial charge in [0.05, 0.1) is 11.0 Å². The predicted octanol–water partition coefficient (Wildman–Crippen LogP) is 3.63. The number of nitrogens with zero attached hydrogens (tertiary/aromatic N) is 2. The van der Waals surface area contributed by atoms with Crippen molar-refractivity contribution in [2.24, 2.45) is 5.41 Å². The molecule has 2 saturated heterocycles. The number of phenolic OH excluding ortho intramolecular Hbond substituents is 1. The second-order valence-electron chi connectivity index (χ2n) is 8.36. The molecule has 1 spiro atoms. The standard InChI is InChI=1S/C23H24F2N2O3/c1-15-3-6-20(28)17(11-15)21(29)27-10-8-23(14-27)7-2-9-26(22(23)30)13-16-4-5-18(24)19(25)12-16/h3-6,11-12,28H,2,7-10,13-14H2,1H3. The normalized spacial score (nSPS) is 21.5. The van der Waals surface area contributed by atoms with E-state index in [1.807, 2.05) is 6.92 Å². The zero-order chi connectivity index (χ0) is 21.5. The van der Waals surface area contributed by atoms with Crippen molar-refractivity contribution >= 4 is 11.8 Å². The van der Waals surface area contributed by atoms with Crippen LogP contribution < -0.4 is 0 Å². The van der Waals surface area contributed by atoms with Crippen molar-refractivity contribution in [1.82, 2.24) is 9.80 Å². The SMILES string of the molecule is Cc1ccc(O)c(C(=O)N2CCC3(CCCN(Cc4ccc(F)c(F)c4)C3=O)C2)c1. The lowest BCUT2D eigenvalue weighted by Gasteiger charge is -2.39. The van der Waals surface area contributed by atoms with Crippen LogP contribution in [0.5, 0.6) is 5.75 Å². The Morgan fingerprint density at radius 1 is 1.10 bits per heavy atom. The topological polar surface area (TPSA) is 60.9 Å². The van der Waals surface area contributed by atoms with E-state index in [9.17, 15) is 23.5 Å². The van der Waals surface area contributed by atoms with E-state index in [0.29, 0.717) is 38.0 Å². The fourth-order valence-corrected chi connectivity index (χ4v) is 4.58. The van der Waals surface area contributed by atoms with Gasteiger partial charge in [-0.2, -0.15) is 0 Å². The number of carbonyl (C=O) groups excluding carboxylic acids is 2. The van der Waals surface area contributed by atoms with Crippen molar-refractivity contribution in [2.45, 2.75) is 32.7 Å². The summed E-state index contributed by atoms with van der Waals surface area (Å²) in [4.78, 5) is 29.6. The molecule has 158 valence electrons. The molecule has 7 heteroatoms. The molecule has 5 nitrogen and oxygen atoms in total. The number of piperidine rings is 1. The van der Waals surface area contributed by atoms with Crippen molar-refractivity contribution < 1.29 is 23.5 Å². The minimum Gasteiger partial charge on any atom is -0.507 e. The number of aromatic hydroxyl groups is 1. The number of phenols is 1. The van der Waals surface area contributed by atoms with Gasteiger partial charge in [-0.3, -0.25) is 9.59 Å². The van der Waals surface area contributed by atoms with Crippen molar-refractivity contribution in [1.29, 1.82) is 0 Å². The Bertz CT molecular complexity index is 1010. The molecule has 2 aliphatic rings. The summed E-state index contributed by atoms with van der Waals surface area (Å²) in [5.74, 6) is -2.24. The highest BCUT2D eigenvalue weighted by Crippen LogP contribution is 2.41. The van der Waals surface area contributed by atoms with Crippen molar-refractivity contribution in [2.75, 3.05) is 19.6 Å². The van der Waals surface area contributed by atoms with E-state index in [0.717, 1.165) is 24.1 Å². The smallest absolute Gasteiger partial charge is 0.257 e. The number of rotatable bonds is 3. The Labute approximate surface area is 173 Å². The van der Waals surface area contributed by atoms with Gasteiger partial charge in [0.15, 0.2) is 11.6 Å². The quantitative estimate of drug-likeness (QED) is 0.834. The molecule has 0 radical (unpaired) electrons. The highest BCUT2D eigenvalue weighted by Gasteiger charge is 2.49. The Hall–Kier alpha value is -2.96. The second kappa shape index (κ2) is 7.70. The zero-order valence-electron chi connectivity index (χ0n) is 16.8. The molecule has 30 heavy (non-hydrogen) atoms. The van der Waals surface area contributed by atoms with Crippen molar-refractivity contribution in [3.05, 3.63) is 64.7 Å². The minimum atomic E-state index is -0.928. The number of likely N-dealkylation sites (tertiary alicyclic amines) is 2. The van der Waals surface area contributed by atoms with E-state index in [1.54, 1.807) is 21.9 Å². The first kappa shape index (κ1) is 20.3. The van der Waals surface area contributed by atoms with Crippen LogP contribution in [0.2, 0.25) is 0 Å². The Morgan fingerprint density at radius 2 is 1.90 bits per heavy atom. The largest absolute Gasteiger partial charge is 0.507 e. The van der Waals surface area contributed by atoms with E-state index in [2.05, 4.69) is 0 Å². The number of hydrogen-bond donors (Lipinski definition) is 1. The summed E-state index contributed by atoms with van der Waals surface area (Å²) in [5.41, 5.74) is 0.992. The minimum absolute atomic E-state index is 0.0535. The summed E-state index contributed by atoms with van der Waals surface area (Å²) in [6.07, 6.45) is 2.02. The Kier molecular flexibility index (Phi) is 5.22. The summed E-state index contributed by atoms with van der Waals surface area (Å²) >= 11 is 0. The first-order valence-corrected chi connectivity index (χ1v) is 10.1. The van der Waals surface area contributed by atoms with Crippen LogP contribution in [0.1, 0.15) is 40.7 Å². The van der Waals surface area contributed by atoms with Crippen LogP contribution in [-0.4, -0.2) is 46.4 Å². The summed E-state index contributed by atoms with van der Waals surface area (Å²) in [5, 5.41) is 10.1. The van der Waals surface area contributed by atoms with Crippen LogP contribution in [0.25, 0.3) is 0 Å². The van der Waals surface area contributed by atoms with Gasteiger partial charge < -0.3 is 14.9 Å². The molecule has 0 aliphatic carbocycles. The zero-order valence-corrected chi connectivity index (χ0v) is 16.8. The van der Waals surface area contributed by atoms with E-state index in [1.165, 1.54) is 12.1 Å². The van der Waals surface area contributed by atoms with Crippen LogP contribution in [0.3, 0.4) is 0 Å². The van der Waals surface area contributed by atoms with E-state index >= 15 is 0 Å². The van der Waals surface area contributed by atoms with Gasteiger partial charge in [-0.05, 0) is 56.0 Å². The number of benzene rings is 2. The van der Waals surface area contributed by atoms with Gasteiger partial charge in [-0.25, -0.2) is 8.78 Å². The Balaban J connectivity index is 1.50. The molecule has 4 rings (SSSR count). The molecule has 2 amide bonds. The molecule has 0 bridgehead atoms. The summed E-state index contributed by atoms with van der Waals surface area (Å²) in [6, 6.07) is 8.56. The molecular weight excluding hydrogens is 390 g/mol. The molecule has 0 saturated carbocycles. The lowest BCUT2D eigenvalue weighted by molar-refractivity contribution is -0.146. The van der Waals surface area contributed by atoms with Gasteiger partial charge in [-0.1, -0.05) is 17.7 Å². The fraction of sp³-hybridized carbons (Fsp3) is 0.391. The van der Waals surface area contributed by atoms with Gasteiger partial charge in [-0.15, -0.1) is 0 Å². The van der Waals surface area contributed by atoms with Gasteiger partial charge in [0, 0.05) is 26.2 Å². The monoisotopic (exact) mass is 414 g/mol. The second-order valence-corrected chi connectivity index (χ2v) is 8.36. The van der Waals surface area contributed by atoms with Crippen LogP contribution in [0.4, 0.5) is 8.78 Å². The van der Waals surface area contributed by atoms with E-state index in [-0.39, 0.29) is 29.7 Å². The van der Waals surface area contributed by atoms with Crippen molar-refractivity contribution in [3.8, 4) is 5.75 Å². The lowest BCUT2D eigenvalue weighted by atomic mass is 9.78. The van der Waals surface area contributed by atoms with Gasteiger partial charge in [0.25, 0.3) is 5.91 Å².